The number of aliphatic carboxylic acids is 1. The Morgan fingerprint density at radius 3 is 2.63 bits per heavy atom. The van der Waals surface area contributed by atoms with Crippen molar-refractivity contribution in [3.05, 3.63) is 39.7 Å². The van der Waals surface area contributed by atoms with Crippen molar-refractivity contribution in [2.45, 2.75) is 52.5 Å². The number of hydrogen-bond donors (Lipinski definition) is 2. The summed E-state index contributed by atoms with van der Waals surface area (Å²) in [6.07, 6.45) is 2.65. The summed E-state index contributed by atoms with van der Waals surface area (Å²) in [6, 6.07) is 4.10. The number of benzene rings is 1. The fourth-order valence-corrected chi connectivity index (χ4v) is 2.97. The van der Waals surface area contributed by atoms with Gasteiger partial charge in [0.05, 0.1) is 0 Å². The number of carbonyl (C=O) groups excluding carboxylic acids is 1. The van der Waals surface area contributed by atoms with E-state index in [-0.39, 0.29) is 6.61 Å². The van der Waals surface area contributed by atoms with E-state index in [0.717, 1.165) is 23.8 Å². The quantitative estimate of drug-likeness (QED) is 0.653. The number of fused-ring (bicyclic) bond motifs is 1. The predicted molar refractivity (Wildman–Crippen MR) is 101 cm³/mol. The van der Waals surface area contributed by atoms with Crippen molar-refractivity contribution in [3.8, 4) is 5.75 Å². The molecule has 1 amide bonds. The minimum absolute atomic E-state index is 0.321. The Balaban J connectivity index is 2.17. The third-order valence-electron chi connectivity index (χ3n) is 4.29. The van der Waals surface area contributed by atoms with Gasteiger partial charge in [0.25, 0.3) is 5.91 Å². The van der Waals surface area contributed by atoms with Crippen LogP contribution in [-0.2, 0) is 16.0 Å². The lowest BCUT2D eigenvalue weighted by atomic mass is 10.0. The maximum atomic E-state index is 12.0. The normalized spacial score (nSPS) is 12.0. The largest absolute Gasteiger partial charge is 0.483 e. The van der Waals surface area contributed by atoms with E-state index in [2.05, 4.69) is 5.32 Å². The SMILES string of the molecule is CCCc1cc(=O)oc2c(C)c(OCC(=O)N[C@H](CCC)C(=O)O)ccc12. The molecular formula is C20H25NO6. The standard InChI is InChI=1S/C20H25NO6/c1-4-6-13-10-18(23)27-19-12(3)16(9-8-14(13)19)26-11-17(22)21-15(7-5-2)20(24)25/h8-10,15H,4-7,11H2,1-3H3,(H,21,22)(H,24,25)/t15-/m1/s1. The van der Waals surface area contributed by atoms with E-state index < -0.39 is 23.5 Å². The van der Waals surface area contributed by atoms with Gasteiger partial charge in [-0.05, 0) is 37.5 Å². The lowest BCUT2D eigenvalue weighted by molar-refractivity contribution is -0.142. The highest BCUT2D eigenvalue weighted by molar-refractivity contribution is 5.86. The molecule has 0 radical (unpaired) electrons. The first-order chi connectivity index (χ1) is 12.9. The molecule has 1 heterocycles. The van der Waals surface area contributed by atoms with Crippen LogP contribution < -0.4 is 15.7 Å². The zero-order valence-electron chi connectivity index (χ0n) is 15.8. The topological polar surface area (TPSA) is 106 Å². The van der Waals surface area contributed by atoms with Crippen molar-refractivity contribution in [3.63, 3.8) is 0 Å². The molecule has 1 aromatic carbocycles. The molecule has 0 aliphatic heterocycles. The van der Waals surface area contributed by atoms with E-state index in [0.29, 0.717) is 29.7 Å². The number of carboxylic acids is 1. The fraction of sp³-hybridized carbons (Fsp3) is 0.450. The summed E-state index contributed by atoms with van der Waals surface area (Å²) in [5.74, 6) is -1.18. The lowest BCUT2D eigenvalue weighted by Crippen LogP contribution is -2.42. The minimum Gasteiger partial charge on any atom is -0.483 e. The summed E-state index contributed by atoms with van der Waals surface area (Å²) in [7, 11) is 0. The van der Waals surface area contributed by atoms with Crippen LogP contribution >= 0.6 is 0 Å². The second-order valence-electron chi connectivity index (χ2n) is 6.44. The third-order valence-corrected chi connectivity index (χ3v) is 4.29. The molecule has 0 spiro atoms. The van der Waals surface area contributed by atoms with Crippen LogP contribution in [0.2, 0.25) is 0 Å². The van der Waals surface area contributed by atoms with E-state index in [1.165, 1.54) is 6.07 Å². The molecule has 2 N–H and O–H groups in total. The molecule has 0 unspecified atom stereocenters. The Labute approximate surface area is 157 Å². The van der Waals surface area contributed by atoms with Crippen LogP contribution in [0, 0.1) is 6.92 Å². The van der Waals surface area contributed by atoms with Crippen molar-refractivity contribution >= 4 is 22.8 Å². The highest BCUT2D eigenvalue weighted by atomic mass is 16.5. The van der Waals surface area contributed by atoms with Crippen LogP contribution in [0.15, 0.2) is 27.4 Å². The molecule has 146 valence electrons. The van der Waals surface area contributed by atoms with Crippen molar-refractivity contribution in [1.29, 1.82) is 0 Å². The van der Waals surface area contributed by atoms with Crippen molar-refractivity contribution in [2.24, 2.45) is 0 Å². The van der Waals surface area contributed by atoms with Crippen LogP contribution in [0.4, 0.5) is 0 Å². The zero-order valence-corrected chi connectivity index (χ0v) is 15.8. The number of carboxylic acid groups (broad SMARTS) is 1. The van der Waals surface area contributed by atoms with Gasteiger partial charge in [-0.25, -0.2) is 9.59 Å². The number of aryl methyl sites for hydroxylation is 2. The van der Waals surface area contributed by atoms with Gasteiger partial charge in [0.1, 0.15) is 17.4 Å². The summed E-state index contributed by atoms with van der Waals surface area (Å²) < 4.78 is 10.9. The summed E-state index contributed by atoms with van der Waals surface area (Å²) >= 11 is 0. The van der Waals surface area contributed by atoms with Crippen LogP contribution in [0.5, 0.6) is 5.75 Å². The van der Waals surface area contributed by atoms with Gasteiger partial charge in [0.2, 0.25) is 0 Å². The molecule has 27 heavy (non-hydrogen) atoms. The second kappa shape index (κ2) is 9.21. The fourth-order valence-electron chi connectivity index (χ4n) is 2.97. The molecule has 0 fully saturated rings. The maximum Gasteiger partial charge on any atom is 0.336 e. The number of nitrogens with one attached hydrogen (secondary N) is 1. The number of amides is 1. The molecule has 0 bridgehead atoms. The minimum atomic E-state index is -1.07. The molecule has 1 atom stereocenters. The first-order valence-electron chi connectivity index (χ1n) is 9.08. The first-order valence-corrected chi connectivity index (χ1v) is 9.08. The van der Waals surface area contributed by atoms with E-state index >= 15 is 0 Å². The van der Waals surface area contributed by atoms with Crippen molar-refractivity contribution in [2.75, 3.05) is 6.61 Å². The number of carbonyl (C=O) groups is 2. The summed E-state index contributed by atoms with van der Waals surface area (Å²) in [5, 5.41) is 12.4. The third kappa shape index (κ3) is 5.09. The molecule has 2 aromatic rings. The molecule has 2 rings (SSSR count). The molecule has 0 aliphatic carbocycles. The molecule has 0 saturated carbocycles. The van der Waals surface area contributed by atoms with Gasteiger partial charge in [-0.1, -0.05) is 26.7 Å². The van der Waals surface area contributed by atoms with Gasteiger partial charge < -0.3 is 19.6 Å². The highest BCUT2D eigenvalue weighted by Gasteiger charge is 2.19. The van der Waals surface area contributed by atoms with Gasteiger partial charge in [-0.3, -0.25) is 4.79 Å². The van der Waals surface area contributed by atoms with Gasteiger partial charge in [0.15, 0.2) is 6.61 Å². The van der Waals surface area contributed by atoms with E-state index in [1.807, 2.05) is 13.8 Å². The lowest BCUT2D eigenvalue weighted by Gasteiger charge is -2.15. The predicted octanol–water partition coefficient (Wildman–Crippen LogP) is 2.80. The smallest absolute Gasteiger partial charge is 0.336 e. The Morgan fingerprint density at radius 1 is 1.26 bits per heavy atom. The number of rotatable bonds is 9. The molecule has 0 saturated heterocycles. The van der Waals surface area contributed by atoms with Gasteiger partial charge in [0, 0.05) is 17.0 Å². The Kier molecular flexibility index (Phi) is 6.98. The van der Waals surface area contributed by atoms with Crippen LogP contribution in [0.25, 0.3) is 11.0 Å². The Bertz CT molecular complexity index is 886. The first kappa shape index (κ1) is 20.5. The second-order valence-corrected chi connectivity index (χ2v) is 6.44. The van der Waals surface area contributed by atoms with E-state index in [4.69, 9.17) is 14.3 Å². The van der Waals surface area contributed by atoms with E-state index in [9.17, 15) is 14.4 Å². The number of ether oxygens (including phenoxy) is 1. The van der Waals surface area contributed by atoms with Gasteiger partial charge in [-0.2, -0.15) is 0 Å². The molecular weight excluding hydrogens is 350 g/mol. The average Bonchev–Trinajstić information content (AvgIpc) is 2.61. The van der Waals surface area contributed by atoms with Crippen LogP contribution in [-0.4, -0.2) is 29.6 Å². The number of hydrogen-bond acceptors (Lipinski definition) is 5. The monoisotopic (exact) mass is 375 g/mol. The Morgan fingerprint density at radius 2 is 2.00 bits per heavy atom. The van der Waals surface area contributed by atoms with E-state index in [1.54, 1.807) is 19.1 Å². The summed E-state index contributed by atoms with van der Waals surface area (Å²) in [5.41, 5.74) is 1.56. The molecule has 0 aliphatic rings. The van der Waals surface area contributed by atoms with Crippen molar-refractivity contribution < 1.29 is 23.8 Å². The highest BCUT2D eigenvalue weighted by Crippen LogP contribution is 2.28. The maximum absolute atomic E-state index is 12.0. The summed E-state index contributed by atoms with van der Waals surface area (Å²) in [4.78, 5) is 34.9. The molecule has 7 heteroatoms. The average molecular weight is 375 g/mol. The summed E-state index contributed by atoms with van der Waals surface area (Å²) in [6.45, 7) is 5.31. The van der Waals surface area contributed by atoms with Gasteiger partial charge in [-0.15, -0.1) is 0 Å². The Hall–Kier alpha value is -2.83. The molecule has 7 nitrogen and oxygen atoms in total. The van der Waals surface area contributed by atoms with Gasteiger partial charge >= 0.3 is 11.6 Å². The van der Waals surface area contributed by atoms with Crippen molar-refractivity contribution in [1.82, 2.24) is 5.32 Å². The van der Waals surface area contributed by atoms with Crippen LogP contribution in [0.1, 0.15) is 44.2 Å². The van der Waals surface area contributed by atoms with Crippen LogP contribution in [0.3, 0.4) is 0 Å². The zero-order chi connectivity index (χ0) is 20.0. The molecule has 1 aromatic heterocycles.